The maximum Gasteiger partial charge on any atom is 0.0496 e. The third-order valence-corrected chi connectivity index (χ3v) is 4.14. The third-order valence-electron chi connectivity index (χ3n) is 3.11. The fourth-order valence-corrected chi connectivity index (χ4v) is 2.81. The van der Waals surface area contributed by atoms with Crippen molar-refractivity contribution in [3.05, 3.63) is 45.6 Å². The van der Waals surface area contributed by atoms with Crippen LogP contribution in [0, 0.1) is 13.8 Å². The summed E-state index contributed by atoms with van der Waals surface area (Å²) in [5.74, 6) is 0. The van der Waals surface area contributed by atoms with Gasteiger partial charge in [0.1, 0.15) is 0 Å². The molecular formula is C15H20N2S. The van der Waals surface area contributed by atoms with Gasteiger partial charge in [0.05, 0.1) is 0 Å². The van der Waals surface area contributed by atoms with Gasteiger partial charge in [0.2, 0.25) is 0 Å². The Balaban J connectivity index is 2.10. The second kappa shape index (κ2) is 5.44. The van der Waals surface area contributed by atoms with E-state index in [0.717, 1.165) is 6.54 Å². The molecule has 1 N–H and O–H groups in total. The molecule has 0 aliphatic carbocycles. The molecule has 0 unspecified atom stereocenters. The molecule has 0 spiro atoms. The largest absolute Gasteiger partial charge is 0.380 e. The maximum absolute atomic E-state index is 3.49. The van der Waals surface area contributed by atoms with Crippen LogP contribution in [0.4, 0.5) is 11.4 Å². The predicted molar refractivity (Wildman–Crippen MR) is 81.9 cm³/mol. The molecule has 0 saturated heterocycles. The lowest BCUT2D eigenvalue weighted by molar-refractivity contribution is 1.11. The summed E-state index contributed by atoms with van der Waals surface area (Å²) < 4.78 is 0. The number of hydrogen-bond acceptors (Lipinski definition) is 3. The first-order valence-corrected chi connectivity index (χ1v) is 7.00. The van der Waals surface area contributed by atoms with E-state index in [4.69, 9.17) is 0 Å². The Morgan fingerprint density at radius 2 is 1.89 bits per heavy atom. The van der Waals surface area contributed by atoms with E-state index in [2.05, 4.69) is 67.8 Å². The molecule has 0 fully saturated rings. The fourth-order valence-electron chi connectivity index (χ4n) is 1.97. The average molecular weight is 260 g/mol. The number of nitrogens with one attached hydrogen (secondary N) is 1. The van der Waals surface area contributed by atoms with Crippen LogP contribution in [0.1, 0.15) is 16.0 Å². The SMILES string of the molecule is Cc1ccc(NCc2sccc2C)cc1N(C)C. The lowest BCUT2D eigenvalue weighted by Gasteiger charge is -2.17. The summed E-state index contributed by atoms with van der Waals surface area (Å²) in [6, 6.07) is 8.69. The molecule has 0 atom stereocenters. The molecule has 1 aromatic carbocycles. The van der Waals surface area contributed by atoms with Gasteiger partial charge in [0, 0.05) is 36.9 Å². The Labute approximate surface area is 113 Å². The van der Waals surface area contributed by atoms with Gasteiger partial charge in [0.25, 0.3) is 0 Å². The first-order chi connectivity index (χ1) is 8.58. The van der Waals surface area contributed by atoms with Gasteiger partial charge in [0.15, 0.2) is 0 Å². The summed E-state index contributed by atoms with van der Waals surface area (Å²) in [6.45, 7) is 5.20. The minimum Gasteiger partial charge on any atom is -0.380 e. The Hall–Kier alpha value is -1.48. The van der Waals surface area contributed by atoms with E-state index in [1.807, 2.05) is 11.3 Å². The van der Waals surface area contributed by atoms with Crippen LogP contribution in [-0.4, -0.2) is 14.1 Å². The predicted octanol–water partition coefficient (Wildman–Crippen LogP) is 4.04. The molecule has 0 bridgehead atoms. The van der Waals surface area contributed by atoms with Crippen molar-refractivity contribution in [3.8, 4) is 0 Å². The highest BCUT2D eigenvalue weighted by atomic mass is 32.1. The number of hydrogen-bond donors (Lipinski definition) is 1. The highest BCUT2D eigenvalue weighted by molar-refractivity contribution is 7.10. The van der Waals surface area contributed by atoms with Crippen molar-refractivity contribution in [2.75, 3.05) is 24.3 Å². The maximum atomic E-state index is 3.49. The van der Waals surface area contributed by atoms with Crippen LogP contribution in [0.25, 0.3) is 0 Å². The summed E-state index contributed by atoms with van der Waals surface area (Å²) >= 11 is 1.81. The van der Waals surface area contributed by atoms with Gasteiger partial charge < -0.3 is 10.2 Å². The van der Waals surface area contributed by atoms with E-state index < -0.39 is 0 Å². The van der Waals surface area contributed by atoms with E-state index >= 15 is 0 Å². The molecule has 2 aromatic rings. The Kier molecular flexibility index (Phi) is 3.92. The van der Waals surface area contributed by atoms with Gasteiger partial charge in [-0.15, -0.1) is 11.3 Å². The molecule has 1 aromatic heterocycles. The Morgan fingerprint density at radius 1 is 1.11 bits per heavy atom. The monoisotopic (exact) mass is 260 g/mol. The van der Waals surface area contributed by atoms with Crippen LogP contribution < -0.4 is 10.2 Å². The van der Waals surface area contributed by atoms with Crippen LogP contribution in [0.2, 0.25) is 0 Å². The molecule has 0 aliphatic rings. The molecule has 0 saturated carbocycles. The molecule has 0 radical (unpaired) electrons. The zero-order chi connectivity index (χ0) is 13.1. The topological polar surface area (TPSA) is 15.3 Å². The zero-order valence-corrected chi connectivity index (χ0v) is 12.3. The van der Waals surface area contributed by atoms with Crippen molar-refractivity contribution >= 4 is 22.7 Å². The van der Waals surface area contributed by atoms with Crippen LogP contribution >= 0.6 is 11.3 Å². The highest BCUT2D eigenvalue weighted by Gasteiger charge is 2.03. The standard InChI is InChI=1S/C15H20N2S/c1-11-5-6-13(9-14(11)17(3)4)16-10-15-12(2)7-8-18-15/h5-9,16H,10H2,1-4H3. The molecule has 1 heterocycles. The molecular weight excluding hydrogens is 240 g/mol. The van der Waals surface area contributed by atoms with E-state index in [9.17, 15) is 0 Å². The normalized spacial score (nSPS) is 10.4. The van der Waals surface area contributed by atoms with Gasteiger partial charge in [-0.2, -0.15) is 0 Å². The minimum atomic E-state index is 0.902. The van der Waals surface area contributed by atoms with E-state index in [1.54, 1.807) is 0 Å². The first kappa shape index (κ1) is 13.0. The van der Waals surface area contributed by atoms with Crippen LogP contribution in [0.5, 0.6) is 0 Å². The van der Waals surface area contributed by atoms with E-state index in [-0.39, 0.29) is 0 Å². The lowest BCUT2D eigenvalue weighted by Crippen LogP contribution is -2.10. The molecule has 96 valence electrons. The Bertz CT molecular complexity index is 529. The smallest absolute Gasteiger partial charge is 0.0496 e. The molecule has 2 nitrogen and oxygen atoms in total. The van der Waals surface area contributed by atoms with Crippen molar-refractivity contribution in [3.63, 3.8) is 0 Å². The summed E-state index contributed by atoms with van der Waals surface area (Å²) in [7, 11) is 4.16. The number of rotatable bonds is 4. The lowest BCUT2D eigenvalue weighted by atomic mass is 10.1. The summed E-state index contributed by atoms with van der Waals surface area (Å²) in [5.41, 5.74) is 5.12. The van der Waals surface area contributed by atoms with E-state index in [0.29, 0.717) is 0 Å². The number of aryl methyl sites for hydroxylation is 2. The number of thiophene rings is 1. The van der Waals surface area contributed by atoms with Gasteiger partial charge >= 0.3 is 0 Å². The first-order valence-electron chi connectivity index (χ1n) is 6.13. The number of anilines is 2. The van der Waals surface area contributed by atoms with Crippen LogP contribution in [0.3, 0.4) is 0 Å². The molecule has 3 heteroatoms. The minimum absolute atomic E-state index is 0.902. The average Bonchev–Trinajstić information content (AvgIpc) is 2.73. The van der Waals surface area contributed by atoms with Gasteiger partial charge in [-0.25, -0.2) is 0 Å². The molecule has 0 aliphatic heterocycles. The fraction of sp³-hybridized carbons (Fsp3) is 0.333. The molecule has 2 rings (SSSR count). The highest BCUT2D eigenvalue weighted by Crippen LogP contribution is 2.24. The van der Waals surface area contributed by atoms with Gasteiger partial charge in [-0.1, -0.05) is 6.07 Å². The molecule has 0 amide bonds. The van der Waals surface area contributed by atoms with E-state index in [1.165, 1.54) is 27.4 Å². The van der Waals surface area contributed by atoms with Crippen molar-refractivity contribution in [2.24, 2.45) is 0 Å². The van der Waals surface area contributed by atoms with Crippen molar-refractivity contribution in [2.45, 2.75) is 20.4 Å². The van der Waals surface area contributed by atoms with Crippen molar-refractivity contribution < 1.29 is 0 Å². The number of benzene rings is 1. The summed E-state index contributed by atoms with van der Waals surface area (Å²) in [5, 5.41) is 5.64. The quantitative estimate of drug-likeness (QED) is 0.892. The third kappa shape index (κ3) is 2.85. The zero-order valence-electron chi connectivity index (χ0n) is 11.4. The van der Waals surface area contributed by atoms with Gasteiger partial charge in [-0.05, 0) is 48.6 Å². The van der Waals surface area contributed by atoms with Crippen molar-refractivity contribution in [1.29, 1.82) is 0 Å². The van der Waals surface area contributed by atoms with Gasteiger partial charge in [-0.3, -0.25) is 0 Å². The summed E-state index contributed by atoms with van der Waals surface area (Å²) in [6.07, 6.45) is 0. The van der Waals surface area contributed by atoms with Crippen LogP contribution in [0.15, 0.2) is 29.6 Å². The summed E-state index contributed by atoms with van der Waals surface area (Å²) in [4.78, 5) is 3.55. The second-order valence-electron chi connectivity index (χ2n) is 4.78. The Morgan fingerprint density at radius 3 is 2.50 bits per heavy atom. The molecule has 18 heavy (non-hydrogen) atoms. The number of nitrogens with zero attached hydrogens (tertiary/aromatic N) is 1. The van der Waals surface area contributed by atoms with Crippen LogP contribution in [-0.2, 0) is 6.54 Å². The second-order valence-corrected chi connectivity index (χ2v) is 5.78. The van der Waals surface area contributed by atoms with Crippen molar-refractivity contribution in [1.82, 2.24) is 0 Å².